The van der Waals surface area contributed by atoms with Gasteiger partial charge >= 0.3 is 0 Å². The van der Waals surface area contributed by atoms with Crippen LogP contribution in [0.25, 0.3) is 11.0 Å². The van der Waals surface area contributed by atoms with Crippen LogP contribution in [0.5, 0.6) is 5.88 Å². The number of ether oxygens (including phenoxy) is 1. The van der Waals surface area contributed by atoms with Crippen molar-refractivity contribution in [3.8, 4) is 5.88 Å². The Morgan fingerprint density at radius 2 is 1.79 bits per heavy atom. The van der Waals surface area contributed by atoms with Crippen LogP contribution < -0.4 is 15.4 Å². The first-order valence-corrected chi connectivity index (χ1v) is 11.2. The number of para-hydroxylation sites is 2. The summed E-state index contributed by atoms with van der Waals surface area (Å²) in [5.74, 6) is 2.43. The first kappa shape index (κ1) is 25.5. The van der Waals surface area contributed by atoms with Gasteiger partial charge in [0, 0.05) is 38.9 Å². The van der Waals surface area contributed by atoms with E-state index < -0.39 is 0 Å². The normalized spacial score (nSPS) is 11.2. The van der Waals surface area contributed by atoms with Crippen LogP contribution in [0.3, 0.4) is 0 Å². The Bertz CT molecular complexity index is 1210. The minimum Gasteiger partial charge on any atom is -0.473 e. The van der Waals surface area contributed by atoms with Crippen molar-refractivity contribution in [2.24, 2.45) is 4.99 Å². The van der Waals surface area contributed by atoms with E-state index in [-0.39, 0.29) is 24.0 Å². The fraction of sp³-hybridized carbons (Fsp3) is 0.269. The van der Waals surface area contributed by atoms with Gasteiger partial charge in [-0.2, -0.15) is 0 Å². The summed E-state index contributed by atoms with van der Waals surface area (Å²) in [6.45, 7) is 4.91. The predicted octanol–water partition coefficient (Wildman–Crippen LogP) is 4.69. The maximum Gasteiger partial charge on any atom is 0.213 e. The third-order valence-electron chi connectivity index (χ3n) is 5.41. The number of benzene rings is 2. The number of pyridine rings is 1. The summed E-state index contributed by atoms with van der Waals surface area (Å²) < 4.78 is 8.09. The molecule has 0 unspecified atom stereocenters. The highest BCUT2D eigenvalue weighted by Crippen LogP contribution is 2.15. The fourth-order valence-corrected chi connectivity index (χ4v) is 3.70. The van der Waals surface area contributed by atoms with Gasteiger partial charge in [-0.05, 0) is 42.7 Å². The lowest BCUT2D eigenvalue weighted by Crippen LogP contribution is -2.37. The van der Waals surface area contributed by atoms with Gasteiger partial charge in [0.2, 0.25) is 5.88 Å². The van der Waals surface area contributed by atoms with Gasteiger partial charge < -0.3 is 19.9 Å². The van der Waals surface area contributed by atoms with E-state index in [9.17, 15) is 0 Å². The predicted molar refractivity (Wildman–Crippen MR) is 148 cm³/mol. The van der Waals surface area contributed by atoms with E-state index in [2.05, 4.69) is 55.3 Å². The van der Waals surface area contributed by atoms with Gasteiger partial charge in [-0.25, -0.2) is 9.97 Å². The maximum absolute atomic E-state index is 5.83. The lowest BCUT2D eigenvalue weighted by molar-refractivity contribution is 0.293. The number of nitrogens with zero attached hydrogens (tertiary/aromatic N) is 4. The lowest BCUT2D eigenvalue weighted by Gasteiger charge is -2.13. The first-order chi connectivity index (χ1) is 16.2. The van der Waals surface area contributed by atoms with Crippen LogP contribution in [0.15, 0.2) is 77.9 Å². The van der Waals surface area contributed by atoms with Crippen LogP contribution in [0.4, 0.5) is 0 Å². The Balaban J connectivity index is 0.00000324. The molecular weight excluding hydrogens is 539 g/mol. The quantitative estimate of drug-likeness (QED) is 0.132. The number of guanidine groups is 1. The highest BCUT2D eigenvalue weighted by molar-refractivity contribution is 14.0. The Kier molecular flexibility index (Phi) is 9.69. The number of hydrogen-bond acceptors (Lipinski definition) is 4. The van der Waals surface area contributed by atoms with Crippen molar-refractivity contribution in [1.29, 1.82) is 0 Å². The largest absolute Gasteiger partial charge is 0.473 e. The molecule has 2 heterocycles. The zero-order valence-electron chi connectivity index (χ0n) is 19.6. The minimum atomic E-state index is 0. The van der Waals surface area contributed by atoms with Crippen molar-refractivity contribution in [2.45, 2.75) is 33.0 Å². The third-order valence-corrected chi connectivity index (χ3v) is 5.41. The van der Waals surface area contributed by atoms with Gasteiger partial charge in [0.15, 0.2) is 5.96 Å². The van der Waals surface area contributed by atoms with Crippen molar-refractivity contribution in [3.05, 3.63) is 89.9 Å². The number of imidazole rings is 1. The fourth-order valence-electron chi connectivity index (χ4n) is 3.70. The van der Waals surface area contributed by atoms with Crippen molar-refractivity contribution in [1.82, 2.24) is 25.2 Å². The number of halogens is 1. The smallest absolute Gasteiger partial charge is 0.213 e. The molecule has 2 N–H and O–H groups in total. The van der Waals surface area contributed by atoms with Crippen molar-refractivity contribution < 1.29 is 4.74 Å². The number of hydrogen-bond donors (Lipinski definition) is 2. The molecule has 4 aromatic rings. The number of aromatic nitrogens is 3. The molecular formula is C26H31IN6O. The van der Waals surface area contributed by atoms with Gasteiger partial charge in [0.25, 0.3) is 0 Å². The highest BCUT2D eigenvalue weighted by atomic mass is 127. The molecule has 8 heteroatoms. The van der Waals surface area contributed by atoms with Gasteiger partial charge in [-0.3, -0.25) is 4.99 Å². The molecule has 34 heavy (non-hydrogen) atoms. The number of fused-ring (bicyclic) bond motifs is 1. The average molecular weight is 570 g/mol. The zero-order chi connectivity index (χ0) is 22.9. The van der Waals surface area contributed by atoms with E-state index in [4.69, 9.17) is 4.74 Å². The summed E-state index contributed by atoms with van der Waals surface area (Å²) in [6.07, 6.45) is 2.74. The molecule has 0 saturated carbocycles. The molecule has 0 atom stereocenters. The number of rotatable bonds is 9. The maximum atomic E-state index is 5.83. The lowest BCUT2D eigenvalue weighted by atomic mass is 10.2. The van der Waals surface area contributed by atoms with E-state index in [1.807, 2.05) is 48.5 Å². The van der Waals surface area contributed by atoms with Gasteiger partial charge in [0.1, 0.15) is 12.4 Å². The van der Waals surface area contributed by atoms with Crippen molar-refractivity contribution in [2.75, 3.05) is 13.6 Å². The number of aliphatic imine (C=N–C) groups is 1. The Labute approximate surface area is 217 Å². The van der Waals surface area contributed by atoms with Crippen molar-refractivity contribution >= 4 is 41.0 Å². The molecule has 4 rings (SSSR count). The topological polar surface area (TPSA) is 76.4 Å². The molecule has 178 valence electrons. The van der Waals surface area contributed by atoms with Crippen molar-refractivity contribution in [3.63, 3.8) is 0 Å². The highest BCUT2D eigenvalue weighted by Gasteiger charge is 2.06. The van der Waals surface area contributed by atoms with E-state index >= 15 is 0 Å². The zero-order valence-corrected chi connectivity index (χ0v) is 21.9. The summed E-state index contributed by atoms with van der Waals surface area (Å²) in [6, 6.07) is 22.3. The molecule has 0 bridgehead atoms. The van der Waals surface area contributed by atoms with E-state index in [0.717, 1.165) is 47.9 Å². The molecule has 0 saturated heterocycles. The standard InChI is InChI=1S/C26H30N6O.HI/c1-20-31-23-11-6-7-12-24(23)32(20)16-8-14-29-26(27-2)30-18-22-13-15-28-25(17-22)33-19-21-9-4-3-5-10-21;/h3-7,9-13,15,17H,8,14,16,18-19H2,1-2H3,(H2,27,29,30);1H. The Morgan fingerprint density at radius 1 is 1.00 bits per heavy atom. The summed E-state index contributed by atoms with van der Waals surface area (Å²) in [5, 5.41) is 6.75. The minimum absolute atomic E-state index is 0. The van der Waals surface area contributed by atoms with Gasteiger partial charge in [-0.15, -0.1) is 24.0 Å². The van der Waals surface area contributed by atoms with Crippen LogP contribution in [-0.2, 0) is 19.7 Å². The van der Waals surface area contributed by atoms with E-state index in [1.54, 1.807) is 13.2 Å². The average Bonchev–Trinajstić information content (AvgIpc) is 3.18. The molecule has 0 spiro atoms. The van der Waals surface area contributed by atoms with Gasteiger partial charge in [0.05, 0.1) is 11.0 Å². The molecule has 0 aliphatic carbocycles. The van der Waals surface area contributed by atoms with Crippen LogP contribution in [-0.4, -0.2) is 34.1 Å². The molecule has 2 aromatic carbocycles. The Hall–Kier alpha value is -3.14. The first-order valence-electron chi connectivity index (χ1n) is 11.2. The summed E-state index contributed by atoms with van der Waals surface area (Å²) in [5.41, 5.74) is 4.42. The molecule has 7 nitrogen and oxygen atoms in total. The second kappa shape index (κ2) is 12.9. The molecule has 0 aliphatic rings. The van der Waals surface area contributed by atoms with E-state index in [0.29, 0.717) is 19.0 Å². The van der Waals surface area contributed by atoms with Crippen LogP contribution in [0.1, 0.15) is 23.4 Å². The molecule has 0 amide bonds. The van der Waals surface area contributed by atoms with Gasteiger partial charge in [-0.1, -0.05) is 42.5 Å². The summed E-state index contributed by atoms with van der Waals surface area (Å²) >= 11 is 0. The third kappa shape index (κ3) is 6.93. The SMILES string of the molecule is CN=C(NCCCn1c(C)nc2ccccc21)NCc1ccnc(OCc2ccccc2)c1.I. The van der Waals surface area contributed by atoms with E-state index in [1.165, 1.54) is 5.52 Å². The molecule has 0 fully saturated rings. The number of nitrogens with one attached hydrogen (secondary N) is 2. The molecule has 0 aliphatic heterocycles. The summed E-state index contributed by atoms with van der Waals surface area (Å²) in [7, 11) is 1.78. The molecule has 2 aromatic heterocycles. The second-order valence-electron chi connectivity index (χ2n) is 7.78. The Morgan fingerprint density at radius 3 is 2.62 bits per heavy atom. The monoisotopic (exact) mass is 570 g/mol. The number of aryl methyl sites for hydroxylation is 2. The van der Waals surface area contributed by atoms with Crippen LogP contribution >= 0.6 is 24.0 Å². The summed E-state index contributed by atoms with van der Waals surface area (Å²) in [4.78, 5) is 13.3. The van der Waals surface area contributed by atoms with Crippen LogP contribution in [0, 0.1) is 6.92 Å². The second-order valence-corrected chi connectivity index (χ2v) is 7.78. The van der Waals surface area contributed by atoms with Crippen LogP contribution in [0.2, 0.25) is 0 Å². The molecule has 0 radical (unpaired) electrons.